The van der Waals surface area contributed by atoms with Crippen molar-refractivity contribution in [3.8, 4) is 0 Å². The predicted octanol–water partition coefficient (Wildman–Crippen LogP) is 14.7. The van der Waals surface area contributed by atoms with E-state index >= 15 is 0 Å². The Labute approximate surface area is 344 Å². The van der Waals surface area contributed by atoms with E-state index in [2.05, 4.69) is 81.5 Å². The molecule has 0 aliphatic rings. The van der Waals surface area contributed by atoms with E-state index in [4.69, 9.17) is 14.2 Å². The van der Waals surface area contributed by atoms with E-state index < -0.39 is 6.10 Å². The van der Waals surface area contributed by atoms with Crippen molar-refractivity contribution in [1.29, 1.82) is 0 Å². The molecule has 6 heteroatoms. The van der Waals surface area contributed by atoms with Crippen LogP contribution in [0.2, 0.25) is 0 Å². The second-order valence-corrected chi connectivity index (χ2v) is 14.9. The summed E-state index contributed by atoms with van der Waals surface area (Å²) in [5, 5.41) is 0. The average molecular weight is 781 g/mol. The Morgan fingerprint density at radius 3 is 1.21 bits per heavy atom. The molecule has 0 rings (SSSR count). The lowest BCUT2D eigenvalue weighted by Gasteiger charge is -2.18. The van der Waals surface area contributed by atoms with E-state index in [1.165, 1.54) is 77.0 Å². The van der Waals surface area contributed by atoms with Gasteiger partial charge in [0, 0.05) is 19.3 Å². The molecule has 0 bridgehead atoms. The molecule has 0 heterocycles. The molecule has 0 saturated carbocycles. The quantitative estimate of drug-likeness (QED) is 0.0267. The number of ether oxygens (including phenoxy) is 3. The topological polar surface area (TPSA) is 78.9 Å². The molecule has 0 N–H and O–H groups in total. The van der Waals surface area contributed by atoms with Crippen molar-refractivity contribution < 1.29 is 28.6 Å². The summed E-state index contributed by atoms with van der Waals surface area (Å²) >= 11 is 0. The molecule has 0 aromatic rings. The van der Waals surface area contributed by atoms with E-state index in [0.29, 0.717) is 19.3 Å². The largest absolute Gasteiger partial charge is 0.462 e. The van der Waals surface area contributed by atoms with Gasteiger partial charge >= 0.3 is 17.9 Å². The summed E-state index contributed by atoms with van der Waals surface area (Å²) in [7, 11) is 0. The molecule has 0 aromatic carbocycles. The number of esters is 3. The number of unbranched alkanes of at least 4 members (excludes halogenated alkanes) is 17. The van der Waals surface area contributed by atoms with Crippen molar-refractivity contribution >= 4 is 17.9 Å². The number of allylic oxidation sites excluding steroid dienone is 12. The van der Waals surface area contributed by atoms with Crippen LogP contribution in [0.3, 0.4) is 0 Å². The summed E-state index contributed by atoms with van der Waals surface area (Å²) in [5.41, 5.74) is 0. The molecule has 6 nitrogen and oxygen atoms in total. The van der Waals surface area contributed by atoms with Crippen molar-refractivity contribution in [3.63, 3.8) is 0 Å². The number of carbonyl (C=O) groups is 3. The highest BCUT2D eigenvalue weighted by molar-refractivity contribution is 5.71. The van der Waals surface area contributed by atoms with Gasteiger partial charge in [-0.1, -0.05) is 184 Å². The van der Waals surface area contributed by atoms with Gasteiger partial charge in [-0.3, -0.25) is 14.4 Å². The van der Waals surface area contributed by atoms with E-state index in [1.54, 1.807) is 0 Å². The molecule has 0 aromatic heterocycles. The van der Waals surface area contributed by atoms with Gasteiger partial charge in [-0.25, -0.2) is 0 Å². The molecule has 0 aliphatic heterocycles. The minimum Gasteiger partial charge on any atom is -0.462 e. The first-order chi connectivity index (χ1) is 27.5. The summed E-state index contributed by atoms with van der Waals surface area (Å²) in [6.45, 7) is 6.40. The van der Waals surface area contributed by atoms with Crippen LogP contribution in [0, 0.1) is 0 Å². The third-order valence-corrected chi connectivity index (χ3v) is 9.46. The van der Waals surface area contributed by atoms with E-state index in [0.717, 1.165) is 83.5 Å². The van der Waals surface area contributed by atoms with Crippen molar-refractivity contribution in [2.45, 2.75) is 213 Å². The summed E-state index contributed by atoms with van der Waals surface area (Å²) in [4.78, 5) is 37.7. The third kappa shape index (κ3) is 42.0. The molecule has 320 valence electrons. The summed E-state index contributed by atoms with van der Waals surface area (Å²) < 4.78 is 16.6. The summed E-state index contributed by atoms with van der Waals surface area (Å²) in [5.74, 6) is -1.01. The lowest BCUT2D eigenvalue weighted by atomic mass is 10.1. The first-order valence-electron chi connectivity index (χ1n) is 22.9. The Balaban J connectivity index is 4.50. The van der Waals surface area contributed by atoms with Gasteiger partial charge in [0.05, 0.1) is 0 Å². The maximum absolute atomic E-state index is 12.7. The Hall–Kier alpha value is -3.15. The van der Waals surface area contributed by atoms with Crippen LogP contribution in [-0.2, 0) is 28.6 Å². The van der Waals surface area contributed by atoms with Gasteiger partial charge in [0.1, 0.15) is 13.2 Å². The van der Waals surface area contributed by atoms with Crippen LogP contribution in [0.25, 0.3) is 0 Å². The zero-order valence-corrected chi connectivity index (χ0v) is 36.4. The predicted molar refractivity (Wildman–Crippen MR) is 238 cm³/mol. The van der Waals surface area contributed by atoms with Crippen LogP contribution in [0.4, 0.5) is 0 Å². The smallest absolute Gasteiger partial charge is 0.306 e. The second-order valence-electron chi connectivity index (χ2n) is 14.9. The summed E-state index contributed by atoms with van der Waals surface area (Å²) in [6.07, 6.45) is 54.7. The normalized spacial score (nSPS) is 12.7. The molecule has 0 amide bonds. The summed E-state index contributed by atoms with van der Waals surface area (Å²) in [6, 6.07) is 0. The maximum atomic E-state index is 12.7. The van der Waals surface area contributed by atoms with Crippen LogP contribution in [0.5, 0.6) is 0 Å². The zero-order valence-electron chi connectivity index (χ0n) is 36.4. The van der Waals surface area contributed by atoms with Gasteiger partial charge in [-0.2, -0.15) is 0 Å². The van der Waals surface area contributed by atoms with Gasteiger partial charge in [-0.05, 0) is 77.0 Å². The standard InChI is InChI=1S/C50H84O6/c1-4-7-10-13-16-19-21-23-24-25-27-28-31-34-37-40-43-49(52)55-46-47(45-54-48(51)42-39-36-33-30-18-15-12-9-6-3)56-50(53)44-41-38-35-32-29-26-22-20-17-14-11-8-5-2/h7,10,16,19,23-24,26-29,34,37,47H,4-6,8-9,11-15,17-18,20-22,25,30-33,35-36,38-46H2,1-3H3/b10-7-,19-16-,24-23-,28-27-,29-26-,37-34-. The number of hydrogen-bond acceptors (Lipinski definition) is 6. The van der Waals surface area contributed by atoms with Crippen molar-refractivity contribution in [2.24, 2.45) is 0 Å². The van der Waals surface area contributed by atoms with Gasteiger partial charge < -0.3 is 14.2 Å². The molecule has 1 atom stereocenters. The Morgan fingerprint density at radius 1 is 0.375 bits per heavy atom. The number of hydrogen-bond donors (Lipinski definition) is 0. The zero-order chi connectivity index (χ0) is 40.8. The molecule has 0 saturated heterocycles. The molecule has 0 fully saturated rings. The molecule has 0 spiro atoms. The van der Waals surface area contributed by atoms with E-state index in [1.807, 2.05) is 12.2 Å². The minimum atomic E-state index is -0.808. The number of rotatable bonds is 40. The van der Waals surface area contributed by atoms with Crippen molar-refractivity contribution in [3.05, 3.63) is 72.9 Å². The Kier molecular flexibility index (Phi) is 42.1. The second kappa shape index (κ2) is 44.6. The highest BCUT2D eigenvalue weighted by Gasteiger charge is 2.19. The number of carbonyl (C=O) groups excluding carboxylic acids is 3. The van der Waals surface area contributed by atoms with Crippen LogP contribution in [-0.4, -0.2) is 37.2 Å². The monoisotopic (exact) mass is 781 g/mol. The fourth-order valence-corrected chi connectivity index (χ4v) is 6.01. The van der Waals surface area contributed by atoms with E-state index in [9.17, 15) is 14.4 Å². The first-order valence-corrected chi connectivity index (χ1v) is 22.9. The molecule has 56 heavy (non-hydrogen) atoms. The van der Waals surface area contributed by atoms with Crippen LogP contribution in [0.15, 0.2) is 72.9 Å². The fraction of sp³-hybridized carbons (Fsp3) is 0.700. The van der Waals surface area contributed by atoms with Crippen LogP contribution >= 0.6 is 0 Å². The molecule has 0 radical (unpaired) electrons. The Morgan fingerprint density at radius 2 is 0.732 bits per heavy atom. The molecular weight excluding hydrogens is 697 g/mol. The van der Waals surface area contributed by atoms with E-state index in [-0.39, 0.29) is 37.5 Å². The Bertz CT molecular complexity index is 1080. The highest BCUT2D eigenvalue weighted by atomic mass is 16.6. The van der Waals surface area contributed by atoms with Crippen molar-refractivity contribution in [2.75, 3.05) is 13.2 Å². The van der Waals surface area contributed by atoms with Gasteiger partial charge in [0.25, 0.3) is 0 Å². The lowest BCUT2D eigenvalue weighted by molar-refractivity contribution is -0.166. The maximum Gasteiger partial charge on any atom is 0.306 e. The molecule has 0 aliphatic carbocycles. The van der Waals surface area contributed by atoms with Crippen LogP contribution in [0.1, 0.15) is 207 Å². The molecular formula is C50H84O6. The van der Waals surface area contributed by atoms with Crippen LogP contribution < -0.4 is 0 Å². The minimum absolute atomic E-state index is 0.104. The van der Waals surface area contributed by atoms with Gasteiger partial charge in [0.2, 0.25) is 0 Å². The lowest BCUT2D eigenvalue weighted by Crippen LogP contribution is -2.30. The first kappa shape index (κ1) is 52.9. The highest BCUT2D eigenvalue weighted by Crippen LogP contribution is 2.13. The average Bonchev–Trinajstić information content (AvgIpc) is 3.19. The third-order valence-electron chi connectivity index (χ3n) is 9.46. The SMILES string of the molecule is CC/C=C\C/C=C\C/C=C\C/C=C\C/C=C\CCC(=O)OCC(COC(=O)CCCCCCCCCCC)OC(=O)CCCCC/C=C\CCCCCCCC. The molecule has 1 unspecified atom stereocenters. The van der Waals surface area contributed by atoms with Gasteiger partial charge in [0.15, 0.2) is 6.10 Å². The van der Waals surface area contributed by atoms with Crippen molar-refractivity contribution in [1.82, 2.24) is 0 Å². The fourth-order valence-electron chi connectivity index (χ4n) is 6.01. The van der Waals surface area contributed by atoms with Gasteiger partial charge in [-0.15, -0.1) is 0 Å².